The zero-order valence-corrected chi connectivity index (χ0v) is 10.8. The molecule has 6 heteroatoms. The summed E-state index contributed by atoms with van der Waals surface area (Å²) in [6.45, 7) is 1.71. The molecule has 0 aliphatic rings. The Labute approximate surface area is 115 Å². The molecule has 1 aromatic carbocycles. The van der Waals surface area contributed by atoms with Gasteiger partial charge in [-0.25, -0.2) is 18.4 Å². The van der Waals surface area contributed by atoms with Crippen molar-refractivity contribution in [2.75, 3.05) is 0 Å². The van der Waals surface area contributed by atoms with E-state index in [1.807, 2.05) is 6.92 Å². The van der Waals surface area contributed by atoms with Crippen molar-refractivity contribution in [1.82, 2.24) is 14.8 Å². The fraction of sp³-hybridized carbons (Fsp3) is 0.286. The van der Waals surface area contributed by atoms with Gasteiger partial charge in [0.2, 0.25) is 0 Å². The van der Waals surface area contributed by atoms with Crippen molar-refractivity contribution in [3.8, 4) is 11.8 Å². The molecule has 1 unspecified atom stereocenters. The summed E-state index contributed by atoms with van der Waals surface area (Å²) < 4.78 is 28.2. The van der Waals surface area contributed by atoms with Crippen LogP contribution in [0.25, 0.3) is 0 Å². The Balaban J connectivity index is 2.45. The highest BCUT2D eigenvalue weighted by atomic mass is 19.1. The van der Waals surface area contributed by atoms with Gasteiger partial charge in [0, 0.05) is 18.1 Å². The van der Waals surface area contributed by atoms with E-state index in [1.165, 1.54) is 23.4 Å². The van der Waals surface area contributed by atoms with Crippen molar-refractivity contribution in [3.05, 3.63) is 48.1 Å². The molecule has 4 nitrogen and oxygen atoms in total. The van der Waals surface area contributed by atoms with Crippen molar-refractivity contribution in [3.63, 3.8) is 0 Å². The highest BCUT2D eigenvalue weighted by Gasteiger charge is 2.31. The zero-order valence-electron chi connectivity index (χ0n) is 10.8. The zero-order chi connectivity index (χ0) is 14.6. The van der Waals surface area contributed by atoms with E-state index in [0.29, 0.717) is 6.42 Å². The van der Waals surface area contributed by atoms with Crippen molar-refractivity contribution in [1.29, 1.82) is 0 Å². The molecular formula is C14H13F2N3O. The van der Waals surface area contributed by atoms with E-state index in [1.54, 1.807) is 0 Å². The monoisotopic (exact) mass is 277 g/mol. The number of hydrogen-bond donors (Lipinski definition) is 1. The van der Waals surface area contributed by atoms with E-state index in [2.05, 4.69) is 21.9 Å². The Kier molecular flexibility index (Phi) is 4.11. The SMILES string of the molecule is CCC#CC(O)(Cn1cncn1)c1ccc(F)cc1F. The van der Waals surface area contributed by atoms with Gasteiger partial charge in [-0.1, -0.05) is 12.8 Å². The van der Waals surface area contributed by atoms with Gasteiger partial charge in [-0.3, -0.25) is 0 Å². The quantitative estimate of drug-likeness (QED) is 0.871. The summed E-state index contributed by atoms with van der Waals surface area (Å²) in [6, 6.07) is 2.99. The Morgan fingerprint density at radius 1 is 1.40 bits per heavy atom. The number of aliphatic hydroxyl groups is 1. The van der Waals surface area contributed by atoms with Gasteiger partial charge in [0.1, 0.15) is 24.3 Å². The minimum Gasteiger partial charge on any atom is -0.371 e. The Hall–Kier alpha value is -2.26. The number of rotatable bonds is 3. The summed E-state index contributed by atoms with van der Waals surface area (Å²) in [7, 11) is 0. The van der Waals surface area contributed by atoms with Crippen LogP contribution in [0.2, 0.25) is 0 Å². The highest BCUT2D eigenvalue weighted by molar-refractivity contribution is 5.33. The topological polar surface area (TPSA) is 50.9 Å². The van der Waals surface area contributed by atoms with Gasteiger partial charge in [0.15, 0.2) is 5.60 Å². The van der Waals surface area contributed by atoms with E-state index in [0.717, 1.165) is 12.1 Å². The molecule has 0 saturated carbocycles. The normalized spacial score (nSPS) is 13.4. The standard InChI is InChI=1S/C14H13F2N3O/c1-2-3-6-14(20,8-19-10-17-9-18-19)12-5-4-11(15)7-13(12)16/h4-5,7,9-10,20H,2,8H2,1H3. The molecule has 2 rings (SSSR count). The number of halogens is 2. The molecule has 0 spiro atoms. The van der Waals surface area contributed by atoms with Gasteiger partial charge in [-0.2, -0.15) is 5.10 Å². The maximum Gasteiger partial charge on any atom is 0.173 e. The molecule has 1 atom stereocenters. The predicted molar refractivity (Wildman–Crippen MR) is 68.3 cm³/mol. The van der Waals surface area contributed by atoms with Gasteiger partial charge >= 0.3 is 0 Å². The second-order valence-electron chi connectivity index (χ2n) is 4.23. The van der Waals surface area contributed by atoms with E-state index in [9.17, 15) is 13.9 Å². The van der Waals surface area contributed by atoms with Gasteiger partial charge in [0.25, 0.3) is 0 Å². The summed E-state index contributed by atoms with van der Waals surface area (Å²) in [5.41, 5.74) is -1.88. The van der Waals surface area contributed by atoms with Crippen molar-refractivity contribution in [2.45, 2.75) is 25.5 Å². The summed E-state index contributed by atoms with van der Waals surface area (Å²) in [5, 5.41) is 14.5. The first-order valence-electron chi connectivity index (χ1n) is 6.05. The van der Waals surface area contributed by atoms with Crippen LogP contribution < -0.4 is 0 Å². The molecule has 0 amide bonds. The van der Waals surface area contributed by atoms with Gasteiger partial charge < -0.3 is 5.11 Å². The van der Waals surface area contributed by atoms with E-state index < -0.39 is 17.2 Å². The Bertz CT molecular complexity index is 646. The highest BCUT2D eigenvalue weighted by Crippen LogP contribution is 2.26. The van der Waals surface area contributed by atoms with Crippen LogP contribution in [0, 0.1) is 23.5 Å². The van der Waals surface area contributed by atoms with Crippen LogP contribution in [0.5, 0.6) is 0 Å². The molecule has 0 radical (unpaired) electrons. The lowest BCUT2D eigenvalue weighted by Gasteiger charge is -2.23. The molecule has 104 valence electrons. The maximum absolute atomic E-state index is 13.9. The van der Waals surface area contributed by atoms with Crippen molar-refractivity contribution < 1.29 is 13.9 Å². The second-order valence-corrected chi connectivity index (χ2v) is 4.23. The second kappa shape index (κ2) is 5.80. The molecular weight excluding hydrogens is 264 g/mol. The average molecular weight is 277 g/mol. The third kappa shape index (κ3) is 3.00. The largest absolute Gasteiger partial charge is 0.371 e. The summed E-state index contributed by atoms with van der Waals surface area (Å²) in [4.78, 5) is 3.76. The molecule has 0 saturated heterocycles. The Morgan fingerprint density at radius 3 is 2.80 bits per heavy atom. The van der Waals surface area contributed by atoms with E-state index in [-0.39, 0.29) is 12.1 Å². The van der Waals surface area contributed by atoms with E-state index >= 15 is 0 Å². The molecule has 2 aromatic rings. The first-order chi connectivity index (χ1) is 9.55. The van der Waals surface area contributed by atoms with Gasteiger partial charge in [0.05, 0.1) is 6.54 Å². The fourth-order valence-corrected chi connectivity index (χ4v) is 1.80. The van der Waals surface area contributed by atoms with Gasteiger partial charge in [-0.15, -0.1) is 5.92 Å². The van der Waals surface area contributed by atoms with Crippen LogP contribution in [-0.4, -0.2) is 19.9 Å². The van der Waals surface area contributed by atoms with Crippen LogP contribution in [-0.2, 0) is 12.1 Å². The smallest absolute Gasteiger partial charge is 0.173 e. The number of nitrogens with zero attached hydrogens (tertiary/aromatic N) is 3. The lowest BCUT2D eigenvalue weighted by Crippen LogP contribution is -2.31. The van der Waals surface area contributed by atoms with Crippen LogP contribution in [0.4, 0.5) is 8.78 Å². The third-order valence-electron chi connectivity index (χ3n) is 2.71. The first-order valence-corrected chi connectivity index (χ1v) is 6.05. The van der Waals surface area contributed by atoms with Crippen molar-refractivity contribution >= 4 is 0 Å². The lowest BCUT2D eigenvalue weighted by molar-refractivity contribution is 0.0719. The maximum atomic E-state index is 13.9. The molecule has 0 aliphatic carbocycles. The average Bonchev–Trinajstić information content (AvgIpc) is 2.88. The first kappa shape index (κ1) is 14.2. The summed E-state index contributed by atoms with van der Waals surface area (Å²) in [5.74, 6) is 3.78. The molecule has 1 aromatic heterocycles. The number of benzene rings is 1. The molecule has 0 bridgehead atoms. The minimum atomic E-state index is -1.79. The molecule has 1 heterocycles. The Morgan fingerprint density at radius 2 is 2.20 bits per heavy atom. The predicted octanol–water partition coefficient (Wildman–Crippen LogP) is 1.86. The van der Waals surface area contributed by atoms with Crippen LogP contribution >= 0.6 is 0 Å². The van der Waals surface area contributed by atoms with Crippen molar-refractivity contribution in [2.24, 2.45) is 0 Å². The number of hydrogen-bond acceptors (Lipinski definition) is 3. The molecule has 1 N–H and O–H groups in total. The van der Waals surface area contributed by atoms with Crippen LogP contribution in [0.1, 0.15) is 18.9 Å². The van der Waals surface area contributed by atoms with Crippen LogP contribution in [0.3, 0.4) is 0 Å². The lowest BCUT2D eigenvalue weighted by atomic mass is 9.93. The summed E-state index contributed by atoms with van der Waals surface area (Å²) in [6.07, 6.45) is 3.19. The number of aromatic nitrogens is 3. The third-order valence-corrected chi connectivity index (χ3v) is 2.71. The fourth-order valence-electron chi connectivity index (χ4n) is 1.80. The van der Waals surface area contributed by atoms with Gasteiger partial charge in [-0.05, 0) is 12.1 Å². The van der Waals surface area contributed by atoms with E-state index in [4.69, 9.17) is 0 Å². The minimum absolute atomic E-state index is 0.0876. The molecule has 0 aliphatic heterocycles. The molecule has 20 heavy (non-hydrogen) atoms. The molecule has 0 fully saturated rings. The summed E-state index contributed by atoms with van der Waals surface area (Å²) >= 11 is 0. The van der Waals surface area contributed by atoms with Crippen LogP contribution in [0.15, 0.2) is 30.9 Å².